The van der Waals surface area contributed by atoms with E-state index in [9.17, 15) is 0 Å². The summed E-state index contributed by atoms with van der Waals surface area (Å²) in [6, 6.07) is 20.1. The molecule has 0 spiro atoms. The smallest absolute Gasteiger partial charge is 0.119 e. The van der Waals surface area contributed by atoms with Gasteiger partial charge in [-0.15, -0.1) is 5.11 Å². The van der Waals surface area contributed by atoms with Crippen molar-refractivity contribution in [3.63, 3.8) is 0 Å². The molecule has 0 heterocycles. The lowest BCUT2D eigenvalue weighted by atomic mass is 10.1. The van der Waals surface area contributed by atoms with Crippen LogP contribution in [0.25, 0.3) is 10.8 Å². The molecule has 5 heteroatoms. The second-order valence-electron chi connectivity index (χ2n) is 6.76. The van der Waals surface area contributed by atoms with Crippen molar-refractivity contribution in [1.82, 2.24) is 4.90 Å². The lowest BCUT2D eigenvalue weighted by Crippen LogP contribution is -2.28. The van der Waals surface area contributed by atoms with Gasteiger partial charge in [0.25, 0.3) is 0 Å². The Morgan fingerprint density at radius 1 is 0.862 bits per heavy atom. The van der Waals surface area contributed by atoms with Crippen molar-refractivity contribution < 1.29 is 4.74 Å². The molecule has 0 aliphatic heterocycles. The molecule has 1 N–H and O–H groups in total. The molecule has 0 unspecified atom stereocenters. The second-order valence-corrected chi connectivity index (χ2v) is 6.76. The number of hydrogen-bond donors (Lipinski definition) is 1. The maximum atomic E-state index is 5.71. The first-order valence-electron chi connectivity index (χ1n) is 10.4. The summed E-state index contributed by atoms with van der Waals surface area (Å²) in [7, 11) is 0. The molecule has 0 aliphatic carbocycles. The molecule has 0 saturated heterocycles. The topological polar surface area (TPSA) is 49.2 Å². The lowest BCUT2D eigenvalue weighted by Gasteiger charge is -2.19. The minimum absolute atomic E-state index is 0.633. The Hall–Kier alpha value is -2.92. The fraction of sp³-hybridized carbons (Fsp3) is 0.333. The molecule has 0 aliphatic rings. The molecule has 3 aromatic carbocycles. The van der Waals surface area contributed by atoms with Crippen molar-refractivity contribution in [3.05, 3.63) is 60.7 Å². The Morgan fingerprint density at radius 3 is 2.38 bits per heavy atom. The zero-order valence-corrected chi connectivity index (χ0v) is 17.6. The zero-order chi connectivity index (χ0) is 20.5. The molecule has 0 bridgehead atoms. The van der Waals surface area contributed by atoms with Crippen LogP contribution < -0.4 is 10.1 Å². The lowest BCUT2D eigenvalue weighted by molar-refractivity contribution is 0.316. The summed E-state index contributed by atoms with van der Waals surface area (Å²) in [5, 5.41) is 14.7. The normalized spacial score (nSPS) is 11.4. The van der Waals surface area contributed by atoms with E-state index in [1.54, 1.807) is 0 Å². The summed E-state index contributed by atoms with van der Waals surface area (Å²) in [4.78, 5) is 2.41. The Bertz CT molecular complexity index is 936. The number of azo groups is 1. The maximum absolute atomic E-state index is 5.71. The van der Waals surface area contributed by atoms with E-state index in [0.717, 1.165) is 59.8 Å². The Balaban J connectivity index is 1.90. The quantitative estimate of drug-likeness (QED) is 0.407. The summed E-state index contributed by atoms with van der Waals surface area (Å²) < 4.78 is 5.71. The van der Waals surface area contributed by atoms with Crippen LogP contribution in [0, 0.1) is 0 Å². The van der Waals surface area contributed by atoms with Crippen molar-refractivity contribution in [3.8, 4) is 5.75 Å². The van der Waals surface area contributed by atoms with Crippen LogP contribution in [0.5, 0.6) is 5.75 Å². The standard InChI is InChI=1S/C24H30N4O/c1-4-28(5-2)17-16-25-23-14-15-24(27-26-19-10-8-7-9-11-19)22-18-20(29-6-3)12-13-21(22)23/h7-15,18,25H,4-6,16-17H2,1-3H3. The van der Waals surface area contributed by atoms with E-state index >= 15 is 0 Å². The van der Waals surface area contributed by atoms with Crippen molar-refractivity contribution in [1.29, 1.82) is 0 Å². The van der Waals surface area contributed by atoms with Gasteiger partial charge in [0.15, 0.2) is 0 Å². The average molecular weight is 391 g/mol. The highest BCUT2D eigenvalue weighted by Crippen LogP contribution is 2.35. The van der Waals surface area contributed by atoms with Crippen LogP contribution in [0.2, 0.25) is 0 Å². The van der Waals surface area contributed by atoms with Gasteiger partial charge in [-0.25, -0.2) is 0 Å². The summed E-state index contributed by atoms with van der Waals surface area (Å²) in [5.41, 5.74) is 2.77. The van der Waals surface area contributed by atoms with Crippen LogP contribution in [0.4, 0.5) is 17.1 Å². The number of ether oxygens (including phenoxy) is 1. The fourth-order valence-electron chi connectivity index (χ4n) is 3.30. The number of anilines is 1. The number of hydrogen-bond acceptors (Lipinski definition) is 5. The Kier molecular flexibility index (Phi) is 7.59. The first-order valence-corrected chi connectivity index (χ1v) is 10.4. The van der Waals surface area contributed by atoms with Gasteiger partial charge in [-0.2, -0.15) is 5.11 Å². The molecular formula is C24H30N4O. The third-order valence-electron chi connectivity index (χ3n) is 4.94. The number of nitrogens with zero attached hydrogens (tertiary/aromatic N) is 3. The molecule has 0 radical (unpaired) electrons. The van der Waals surface area contributed by atoms with Crippen molar-refractivity contribution >= 4 is 27.8 Å². The van der Waals surface area contributed by atoms with Crippen LogP contribution in [0.1, 0.15) is 20.8 Å². The van der Waals surface area contributed by atoms with Crippen LogP contribution in [0.3, 0.4) is 0 Å². The van der Waals surface area contributed by atoms with Gasteiger partial charge in [0.2, 0.25) is 0 Å². The van der Waals surface area contributed by atoms with Gasteiger partial charge in [0.1, 0.15) is 5.75 Å². The fourth-order valence-corrected chi connectivity index (χ4v) is 3.30. The monoisotopic (exact) mass is 390 g/mol. The van der Waals surface area contributed by atoms with Crippen LogP contribution in [-0.2, 0) is 0 Å². The van der Waals surface area contributed by atoms with Gasteiger partial charge in [-0.3, -0.25) is 0 Å². The molecule has 0 atom stereocenters. The van der Waals surface area contributed by atoms with E-state index in [-0.39, 0.29) is 0 Å². The van der Waals surface area contributed by atoms with Crippen LogP contribution in [0.15, 0.2) is 70.9 Å². The summed E-state index contributed by atoms with van der Waals surface area (Å²) >= 11 is 0. The number of likely N-dealkylation sites (N-methyl/N-ethyl adjacent to an activating group) is 1. The molecule has 0 fully saturated rings. The SMILES string of the molecule is CCOc1ccc2c(NCCN(CC)CC)ccc(N=Nc3ccccc3)c2c1. The number of benzene rings is 3. The highest BCUT2D eigenvalue weighted by Gasteiger charge is 2.08. The van der Waals surface area contributed by atoms with E-state index in [0.29, 0.717) is 6.61 Å². The van der Waals surface area contributed by atoms with Crippen molar-refractivity contribution in [2.45, 2.75) is 20.8 Å². The Labute approximate surface area is 173 Å². The predicted molar refractivity (Wildman–Crippen MR) is 122 cm³/mol. The van der Waals surface area contributed by atoms with Crippen LogP contribution >= 0.6 is 0 Å². The predicted octanol–water partition coefficient (Wildman–Crippen LogP) is 6.41. The highest BCUT2D eigenvalue weighted by molar-refractivity contribution is 6.01. The van der Waals surface area contributed by atoms with E-state index < -0.39 is 0 Å². The zero-order valence-electron chi connectivity index (χ0n) is 17.6. The molecule has 152 valence electrons. The second kappa shape index (κ2) is 10.6. The number of nitrogens with one attached hydrogen (secondary N) is 1. The van der Waals surface area contributed by atoms with Gasteiger partial charge in [-0.05, 0) is 62.5 Å². The first-order chi connectivity index (χ1) is 14.2. The minimum Gasteiger partial charge on any atom is -0.494 e. The number of rotatable bonds is 10. The van der Waals surface area contributed by atoms with Gasteiger partial charge in [0.05, 0.1) is 18.0 Å². The van der Waals surface area contributed by atoms with E-state index in [1.165, 1.54) is 0 Å². The van der Waals surface area contributed by atoms with Crippen LogP contribution in [-0.4, -0.2) is 37.7 Å². The largest absolute Gasteiger partial charge is 0.494 e. The van der Waals surface area contributed by atoms with Crippen molar-refractivity contribution in [2.75, 3.05) is 38.1 Å². The first kappa shape index (κ1) is 20.8. The summed E-state index contributed by atoms with van der Waals surface area (Å²) in [5.74, 6) is 0.844. The molecule has 5 nitrogen and oxygen atoms in total. The summed E-state index contributed by atoms with van der Waals surface area (Å²) in [6.07, 6.45) is 0. The van der Waals surface area contributed by atoms with E-state index in [1.807, 2.05) is 55.5 Å². The highest BCUT2D eigenvalue weighted by atomic mass is 16.5. The van der Waals surface area contributed by atoms with E-state index in [2.05, 4.69) is 46.4 Å². The minimum atomic E-state index is 0.633. The maximum Gasteiger partial charge on any atom is 0.119 e. The van der Waals surface area contributed by atoms with Gasteiger partial charge >= 0.3 is 0 Å². The van der Waals surface area contributed by atoms with Gasteiger partial charge < -0.3 is 15.0 Å². The molecule has 3 aromatic rings. The molecule has 0 aromatic heterocycles. The molecule has 0 saturated carbocycles. The van der Waals surface area contributed by atoms with E-state index in [4.69, 9.17) is 4.74 Å². The van der Waals surface area contributed by atoms with Gasteiger partial charge in [-0.1, -0.05) is 32.0 Å². The molecular weight excluding hydrogens is 360 g/mol. The average Bonchev–Trinajstić information content (AvgIpc) is 2.76. The molecule has 0 amide bonds. The van der Waals surface area contributed by atoms with Gasteiger partial charge in [0, 0.05) is 29.5 Å². The Morgan fingerprint density at radius 2 is 1.66 bits per heavy atom. The molecule has 29 heavy (non-hydrogen) atoms. The van der Waals surface area contributed by atoms with Crippen molar-refractivity contribution in [2.24, 2.45) is 10.2 Å². The number of fused-ring (bicyclic) bond motifs is 1. The molecule has 3 rings (SSSR count). The third kappa shape index (κ3) is 5.55. The summed E-state index contributed by atoms with van der Waals surface area (Å²) in [6.45, 7) is 11.1. The third-order valence-corrected chi connectivity index (χ3v) is 4.94.